The summed E-state index contributed by atoms with van der Waals surface area (Å²) >= 11 is 0. The molecule has 6 heteroatoms. The summed E-state index contributed by atoms with van der Waals surface area (Å²) < 4.78 is 13.5. The van der Waals surface area contributed by atoms with Crippen molar-refractivity contribution in [3.63, 3.8) is 0 Å². The lowest BCUT2D eigenvalue weighted by molar-refractivity contribution is -0.387. The number of nitro groups is 1. The third kappa shape index (κ3) is 3.25. The third-order valence-electron chi connectivity index (χ3n) is 2.01. The number of nitrogens with one attached hydrogen (secondary N) is 1. The Morgan fingerprint density at radius 3 is 2.88 bits per heavy atom. The van der Waals surface area contributed by atoms with E-state index in [1.165, 1.54) is 12.1 Å². The van der Waals surface area contributed by atoms with Gasteiger partial charge in [-0.1, -0.05) is 12.1 Å². The minimum Gasteiger partial charge on any atom is -0.392 e. The Hall–Kier alpha value is -1.53. The van der Waals surface area contributed by atoms with Crippen molar-refractivity contribution in [2.24, 2.45) is 0 Å². The number of nitro benzene ring substituents is 1. The molecule has 1 unspecified atom stereocenters. The molecule has 0 saturated heterocycles. The number of aliphatic hydroxyl groups excluding tert-OH is 1. The molecule has 0 aromatic heterocycles. The standard InChI is InChI=1S/C10H13FN2O3/c1-7(14)5-12-6-8-3-2-4-9(10(8)11)13(15)16/h2-4,7,12,14H,5-6H2,1H3. The van der Waals surface area contributed by atoms with Crippen LogP contribution >= 0.6 is 0 Å². The largest absolute Gasteiger partial charge is 0.392 e. The first-order valence-electron chi connectivity index (χ1n) is 4.83. The quantitative estimate of drug-likeness (QED) is 0.586. The molecule has 0 fully saturated rings. The van der Waals surface area contributed by atoms with Crippen LogP contribution in [-0.4, -0.2) is 22.7 Å². The molecule has 88 valence electrons. The van der Waals surface area contributed by atoms with Gasteiger partial charge in [0.05, 0.1) is 11.0 Å². The zero-order valence-electron chi connectivity index (χ0n) is 8.81. The van der Waals surface area contributed by atoms with Crippen molar-refractivity contribution in [2.75, 3.05) is 6.54 Å². The Bertz CT molecular complexity index is 382. The first-order valence-corrected chi connectivity index (χ1v) is 4.83. The molecule has 1 atom stereocenters. The molecule has 0 spiro atoms. The first kappa shape index (κ1) is 12.5. The zero-order chi connectivity index (χ0) is 12.1. The Balaban J connectivity index is 2.73. The van der Waals surface area contributed by atoms with Crippen molar-refractivity contribution < 1.29 is 14.4 Å². The second-order valence-electron chi connectivity index (χ2n) is 3.49. The van der Waals surface area contributed by atoms with E-state index in [1.807, 2.05) is 0 Å². The summed E-state index contributed by atoms with van der Waals surface area (Å²) in [5.41, 5.74) is -0.314. The molecule has 1 rings (SSSR count). The van der Waals surface area contributed by atoms with Crippen LogP contribution in [0.2, 0.25) is 0 Å². The van der Waals surface area contributed by atoms with Gasteiger partial charge in [0.2, 0.25) is 5.82 Å². The van der Waals surface area contributed by atoms with E-state index in [1.54, 1.807) is 6.92 Å². The summed E-state index contributed by atoms with van der Waals surface area (Å²) in [7, 11) is 0. The molecule has 0 aliphatic heterocycles. The van der Waals surface area contributed by atoms with Gasteiger partial charge in [0.1, 0.15) is 0 Å². The predicted octanol–water partition coefficient (Wildman–Crippen LogP) is 1.20. The molecule has 0 heterocycles. The van der Waals surface area contributed by atoms with Crippen LogP contribution in [0.25, 0.3) is 0 Å². The Kier molecular flexibility index (Phi) is 4.33. The van der Waals surface area contributed by atoms with Gasteiger partial charge in [-0.15, -0.1) is 0 Å². The van der Waals surface area contributed by atoms with E-state index < -0.39 is 22.5 Å². The van der Waals surface area contributed by atoms with Gasteiger partial charge in [-0.3, -0.25) is 10.1 Å². The monoisotopic (exact) mass is 228 g/mol. The van der Waals surface area contributed by atoms with E-state index in [2.05, 4.69) is 5.32 Å². The molecule has 0 radical (unpaired) electrons. The fourth-order valence-corrected chi connectivity index (χ4v) is 1.26. The van der Waals surface area contributed by atoms with E-state index in [0.717, 1.165) is 6.07 Å². The summed E-state index contributed by atoms with van der Waals surface area (Å²) in [6, 6.07) is 4.02. The van der Waals surface area contributed by atoms with Crippen LogP contribution in [0.4, 0.5) is 10.1 Å². The van der Waals surface area contributed by atoms with Gasteiger partial charge in [-0.2, -0.15) is 4.39 Å². The molecule has 0 aliphatic carbocycles. The maximum Gasteiger partial charge on any atom is 0.305 e. The van der Waals surface area contributed by atoms with Gasteiger partial charge >= 0.3 is 5.69 Å². The Morgan fingerprint density at radius 2 is 2.31 bits per heavy atom. The summed E-state index contributed by atoms with van der Waals surface area (Å²) in [4.78, 5) is 9.70. The van der Waals surface area contributed by atoms with E-state index in [9.17, 15) is 14.5 Å². The topological polar surface area (TPSA) is 75.4 Å². The highest BCUT2D eigenvalue weighted by molar-refractivity contribution is 5.36. The van der Waals surface area contributed by atoms with Crippen molar-refractivity contribution in [1.29, 1.82) is 0 Å². The van der Waals surface area contributed by atoms with Crippen LogP contribution in [0.1, 0.15) is 12.5 Å². The second-order valence-corrected chi connectivity index (χ2v) is 3.49. The Morgan fingerprint density at radius 1 is 1.62 bits per heavy atom. The van der Waals surface area contributed by atoms with E-state index in [4.69, 9.17) is 5.11 Å². The molecule has 1 aromatic carbocycles. The summed E-state index contributed by atoms with van der Waals surface area (Å²) in [5, 5.41) is 22.2. The van der Waals surface area contributed by atoms with Crippen molar-refractivity contribution in [2.45, 2.75) is 19.6 Å². The average molecular weight is 228 g/mol. The number of rotatable bonds is 5. The fourth-order valence-electron chi connectivity index (χ4n) is 1.26. The Labute approximate surface area is 92.1 Å². The normalized spacial score (nSPS) is 12.4. The minimum absolute atomic E-state index is 0.151. The van der Waals surface area contributed by atoms with Crippen LogP contribution in [0.3, 0.4) is 0 Å². The van der Waals surface area contributed by atoms with Crippen LogP contribution in [0.5, 0.6) is 0 Å². The van der Waals surface area contributed by atoms with Crippen molar-refractivity contribution in [3.05, 3.63) is 39.7 Å². The highest BCUT2D eigenvalue weighted by atomic mass is 19.1. The number of aliphatic hydroxyl groups is 1. The van der Waals surface area contributed by atoms with Crippen molar-refractivity contribution in [1.82, 2.24) is 5.32 Å². The molecule has 0 saturated carbocycles. The molecule has 0 amide bonds. The maximum absolute atomic E-state index is 13.5. The van der Waals surface area contributed by atoms with Crippen LogP contribution in [0.15, 0.2) is 18.2 Å². The first-order chi connectivity index (χ1) is 7.52. The third-order valence-corrected chi connectivity index (χ3v) is 2.01. The smallest absolute Gasteiger partial charge is 0.305 e. The van der Waals surface area contributed by atoms with Gasteiger partial charge in [0.15, 0.2) is 0 Å². The number of halogens is 1. The highest BCUT2D eigenvalue weighted by Gasteiger charge is 2.16. The molecule has 16 heavy (non-hydrogen) atoms. The molecule has 0 aliphatic rings. The maximum atomic E-state index is 13.5. The predicted molar refractivity (Wildman–Crippen MR) is 56.4 cm³/mol. The zero-order valence-corrected chi connectivity index (χ0v) is 8.81. The van der Waals surface area contributed by atoms with E-state index in [0.29, 0.717) is 6.54 Å². The van der Waals surface area contributed by atoms with E-state index in [-0.39, 0.29) is 12.1 Å². The molecule has 2 N–H and O–H groups in total. The lowest BCUT2D eigenvalue weighted by atomic mass is 10.2. The van der Waals surface area contributed by atoms with Gasteiger partial charge in [0, 0.05) is 24.7 Å². The van der Waals surface area contributed by atoms with Crippen LogP contribution in [-0.2, 0) is 6.54 Å². The average Bonchev–Trinajstić information content (AvgIpc) is 2.19. The second kappa shape index (κ2) is 5.53. The van der Waals surface area contributed by atoms with Gasteiger partial charge in [0.25, 0.3) is 0 Å². The molecular weight excluding hydrogens is 215 g/mol. The number of nitrogens with zero attached hydrogens (tertiary/aromatic N) is 1. The molecule has 0 bridgehead atoms. The fraction of sp³-hybridized carbons (Fsp3) is 0.400. The van der Waals surface area contributed by atoms with Gasteiger partial charge in [-0.25, -0.2) is 0 Å². The number of benzene rings is 1. The SMILES string of the molecule is CC(O)CNCc1cccc([N+](=O)[O-])c1F. The van der Waals surface area contributed by atoms with Crippen molar-refractivity contribution >= 4 is 5.69 Å². The highest BCUT2D eigenvalue weighted by Crippen LogP contribution is 2.19. The number of hydrogen-bond donors (Lipinski definition) is 2. The summed E-state index contributed by atoms with van der Waals surface area (Å²) in [6.45, 7) is 2.05. The molecule has 5 nitrogen and oxygen atoms in total. The molecular formula is C10H13FN2O3. The van der Waals surface area contributed by atoms with Crippen LogP contribution < -0.4 is 5.32 Å². The van der Waals surface area contributed by atoms with Crippen LogP contribution in [0, 0.1) is 15.9 Å². The lowest BCUT2D eigenvalue weighted by Crippen LogP contribution is -2.24. The minimum atomic E-state index is -0.828. The van der Waals surface area contributed by atoms with Crippen molar-refractivity contribution in [3.8, 4) is 0 Å². The summed E-state index contributed by atoms with van der Waals surface area (Å²) in [5.74, 6) is -0.828. The lowest BCUT2D eigenvalue weighted by Gasteiger charge is -2.07. The number of hydrogen-bond acceptors (Lipinski definition) is 4. The van der Waals surface area contributed by atoms with E-state index >= 15 is 0 Å². The molecule has 1 aromatic rings. The summed E-state index contributed by atoms with van der Waals surface area (Å²) in [6.07, 6.45) is -0.540. The van der Waals surface area contributed by atoms with Gasteiger partial charge in [-0.05, 0) is 6.92 Å². The van der Waals surface area contributed by atoms with Gasteiger partial charge < -0.3 is 10.4 Å².